The van der Waals surface area contributed by atoms with Gasteiger partial charge in [-0.2, -0.15) is 0 Å². The lowest BCUT2D eigenvalue weighted by Gasteiger charge is -2.34. The van der Waals surface area contributed by atoms with Crippen molar-refractivity contribution in [2.45, 2.75) is 50.0 Å². The van der Waals surface area contributed by atoms with Crippen LogP contribution >= 0.6 is 0 Å². The molecule has 33 heavy (non-hydrogen) atoms. The summed E-state index contributed by atoms with van der Waals surface area (Å²) in [6, 6.07) is 15.6. The number of para-hydroxylation sites is 1. The number of hydrogen-bond acceptors (Lipinski definition) is 6. The van der Waals surface area contributed by atoms with Crippen LogP contribution < -0.4 is 20.3 Å². The van der Waals surface area contributed by atoms with Gasteiger partial charge in [0.05, 0.1) is 12.6 Å². The molecule has 1 aliphatic carbocycles. The summed E-state index contributed by atoms with van der Waals surface area (Å²) >= 11 is 0. The maximum atomic E-state index is 5.64. The number of hydrogen-bond donors (Lipinski definition) is 2. The third kappa shape index (κ3) is 4.24. The molecule has 6 heteroatoms. The van der Waals surface area contributed by atoms with E-state index in [1.165, 1.54) is 35.9 Å². The number of methoxy groups -OCH3 is 1. The first kappa shape index (κ1) is 20.7. The van der Waals surface area contributed by atoms with Gasteiger partial charge in [0.15, 0.2) is 0 Å². The molecule has 0 bridgehead atoms. The smallest absolute Gasteiger partial charge is 0.140 e. The van der Waals surface area contributed by atoms with E-state index < -0.39 is 0 Å². The van der Waals surface area contributed by atoms with Crippen LogP contribution in [0.25, 0.3) is 10.9 Å². The fraction of sp³-hybridized carbons (Fsp3) is 0.481. The van der Waals surface area contributed by atoms with Gasteiger partial charge in [0.25, 0.3) is 0 Å². The topological polar surface area (TPSA) is 62.3 Å². The summed E-state index contributed by atoms with van der Waals surface area (Å²) in [5, 5.41) is 8.32. The van der Waals surface area contributed by atoms with Crippen LogP contribution in [0.1, 0.15) is 55.3 Å². The highest BCUT2D eigenvalue weighted by atomic mass is 16.5. The second-order valence-electron chi connectivity index (χ2n) is 9.75. The van der Waals surface area contributed by atoms with E-state index in [0.717, 1.165) is 61.9 Å². The predicted molar refractivity (Wildman–Crippen MR) is 134 cm³/mol. The van der Waals surface area contributed by atoms with Gasteiger partial charge < -0.3 is 20.3 Å². The van der Waals surface area contributed by atoms with E-state index in [9.17, 15) is 0 Å². The number of piperidine rings is 1. The van der Waals surface area contributed by atoms with E-state index in [0.29, 0.717) is 17.9 Å². The molecule has 0 amide bonds. The number of rotatable bonds is 6. The number of nitrogens with one attached hydrogen (secondary N) is 2. The molecule has 6 nitrogen and oxygen atoms in total. The van der Waals surface area contributed by atoms with E-state index >= 15 is 0 Å². The number of anilines is 2. The van der Waals surface area contributed by atoms with Crippen molar-refractivity contribution in [3.05, 3.63) is 53.9 Å². The third-order valence-electron chi connectivity index (χ3n) is 7.44. The zero-order valence-corrected chi connectivity index (χ0v) is 19.4. The highest BCUT2D eigenvalue weighted by Crippen LogP contribution is 2.41. The molecule has 6 rings (SSSR count). The van der Waals surface area contributed by atoms with Crippen LogP contribution in [-0.2, 0) is 0 Å². The summed E-state index contributed by atoms with van der Waals surface area (Å²) in [6.45, 7) is 4.12. The van der Waals surface area contributed by atoms with E-state index in [-0.39, 0.29) is 0 Å². The van der Waals surface area contributed by atoms with Gasteiger partial charge in [-0.3, -0.25) is 0 Å². The lowest BCUT2D eigenvalue weighted by Crippen LogP contribution is -2.34. The number of ether oxygens (including phenoxy) is 1. The van der Waals surface area contributed by atoms with E-state index in [1.807, 2.05) is 0 Å². The molecule has 172 valence electrons. The molecule has 3 aliphatic rings. The van der Waals surface area contributed by atoms with Crippen LogP contribution in [0.3, 0.4) is 0 Å². The summed E-state index contributed by atoms with van der Waals surface area (Å²) in [4.78, 5) is 12.6. The van der Waals surface area contributed by atoms with Crippen LogP contribution in [0.15, 0.2) is 42.5 Å². The highest BCUT2D eigenvalue weighted by molar-refractivity contribution is 5.92. The minimum Gasteiger partial charge on any atom is -0.496 e. The van der Waals surface area contributed by atoms with Crippen LogP contribution in [0.2, 0.25) is 0 Å². The lowest BCUT2D eigenvalue weighted by atomic mass is 9.88. The molecular formula is C27H33N5O. The maximum Gasteiger partial charge on any atom is 0.140 e. The molecule has 3 heterocycles. The number of benzene rings is 2. The monoisotopic (exact) mass is 443 g/mol. The molecule has 2 aliphatic heterocycles. The molecule has 1 aromatic heterocycles. The zero-order valence-electron chi connectivity index (χ0n) is 19.4. The van der Waals surface area contributed by atoms with E-state index in [4.69, 9.17) is 14.7 Å². The van der Waals surface area contributed by atoms with Crippen molar-refractivity contribution in [1.29, 1.82) is 0 Å². The normalized spacial score (nSPS) is 21.5. The largest absolute Gasteiger partial charge is 0.496 e. The Bertz CT molecular complexity index is 1130. The Morgan fingerprint density at radius 2 is 1.82 bits per heavy atom. The summed E-state index contributed by atoms with van der Waals surface area (Å²) in [5.74, 6) is 4.23. The highest BCUT2D eigenvalue weighted by Gasteiger charge is 2.30. The number of nitrogens with zero attached hydrogens (tertiary/aromatic N) is 3. The Balaban J connectivity index is 1.29. The molecule has 2 saturated heterocycles. The molecule has 3 fully saturated rings. The summed E-state index contributed by atoms with van der Waals surface area (Å²) in [7, 11) is 1.77. The van der Waals surface area contributed by atoms with Crippen molar-refractivity contribution >= 4 is 22.4 Å². The minimum atomic E-state index is 0.495. The summed E-state index contributed by atoms with van der Waals surface area (Å²) in [6.07, 6.45) is 5.81. The molecule has 0 radical (unpaired) electrons. The second kappa shape index (κ2) is 8.82. The number of fused-ring (bicyclic) bond motifs is 1. The van der Waals surface area contributed by atoms with Crippen LogP contribution in [0, 0.1) is 0 Å². The van der Waals surface area contributed by atoms with Crippen LogP contribution in [0.4, 0.5) is 11.5 Å². The van der Waals surface area contributed by atoms with Gasteiger partial charge in [0.2, 0.25) is 0 Å². The van der Waals surface area contributed by atoms with Gasteiger partial charge in [-0.1, -0.05) is 18.2 Å². The van der Waals surface area contributed by atoms with Gasteiger partial charge in [0, 0.05) is 42.7 Å². The Morgan fingerprint density at radius 3 is 2.58 bits per heavy atom. The Hall–Kier alpha value is -2.86. The Morgan fingerprint density at radius 1 is 0.970 bits per heavy atom. The first-order valence-electron chi connectivity index (χ1n) is 12.5. The van der Waals surface area contributed by atoms with Crippen molar-refractivity contribution in [1.82, 2.24) is 15.3 Å². The fourth-order valence-electron chi connectivity index (χ4n) is 5.40. The van der Waals surface area contributed by atoms with Gasteiger partial charge in [-0.15, -0.1) is 0 Å². The molecule has 1 unspecified atom stereocenters. The second-order valence-corrected chi connectivity index (χ2v) is 9.75. The SMILES string of the molecule is COc1ccccc1C1CCN(c2nc(C3CC3)nc3ccc(NC4CCNC4)cc23)CC1. The molecule has 1 saturated carbocycles. The lowest BCUT2D eigenvalue weighted by molar-refractivity contribution is 0.397. The quantitative estimate of drug-likeness (QED) is 0.577. The minimum absolute atomic E-state index is 0.495. The molecule has 2 N–H and O–H groups in total. The molecular weight excluding hydrogens is 410 g/mol. The Kier molecular flexibility index (Phi) is 5.54. The number of aromatic nitrogens is 2. The summed E-state index contributed by atoms with van der Waals surface area (Å²) < 4.78 is 5.64. The van der Waals surface area contributed by atoms with Crippen molar-refractivity contribution < 1.29 is 4.74 Å². The summed E-state index contributed by atoms with van der Waals surface area (Å²) in [5.41, 5.74) is 3.58. The van der Waals surface area contributed by atoms with Crippen molar-refractivity contribution in [2.24, 2.45) is 0 Å². The van der Waals surface area contributed by atoms with Gasteiger partial charge in [-0.25, -0.2) is 9.97 Å². The van der Waals surface area contributed by atoms with Crippen molar-refractivity contribution in [2.75, 3.05) is 43.5 Å². The van der Waals surface area contributed by atoms with Gasteiger partial charge >= 0.3 is 0 Å². The predicted octanol–water partition coefficient (Wildman–Crippen LogP) is 4.67. The Labute approximate surface area is 195 Å². The average molecular weight is 444 g/mol. The van der Waals surface area contributed by atoms with E-state index in [2.05, 4.69) is 58.0 Å². The fourth-order valence-corrected chi connectivity index (χ4v) is 5.40. The average Bonchev–Trinajstić information content (AvgIpc) is 3.60. The van der Waals surface area contributed by atoms with Crippen LogP contribution in [0.5, 0.6) is 5.75 Å². The van der Waals surface area contributed by atoms with Gasteiger partial charge in [0.1, 0.15) is 17.4 Å². The standard InChI is InChI=1S/C27H33N5O/c1-33-25-5-3-2-4-22(25)18-11-14-32(15-12-18)27-23-16-20(29-21-10-13-28-17-21)8-9-24(23)30-26(31-27)19-6-7-19/h2-5,8-9,16,18-19,21,28-29H,6-7,10-15,17H2,1H3. The third-order valence-corrected chi connectivity index (χ3v) is 7.44. The first-order valence-corrected chi connectivity index (χ1v) is 12.5. The van der Waals surface area contributed by atoms with Gasteiger partial charge in [-0.05, 0) is 74.4 Å². The van der Waals surface area contributed by atoms with Crippen molar-refractivity contribution in [3.8, 4) is 5.75 Å². The molecule has 3 aromatic rings. The first-order chi connectivity index (χ1) is 16.3. The molecule has 0 spiro atoms. The molecule has 1 atom stereocenters. The zero-order chi connectivity index (χ0) is 22.2. The van der Waals surface area contributed by atoms with Crippen molar-refractivity contribution in [3.63, 3.8) is 0 Å². The van der Waals surface area contributed by atoms with Crippen LogP contribution in [-0.4, -0.2) is 49.3 Å². The maximum absolute atomic E-state index is 5.64. The van der Waals surface area contributed by atoms with E-state index in [1.54, 1.807) is 7.11 Å². The molecule has 2 aromatic carbocycles.